The molecule has 7 heteroatoms. The van der Waals surface area contributed by atoms with E-state index in [2.05, 4.69) is 29.3 Å². The van der Waals surface area contributed by atoms with Gasteiger partial charge < -0.3 is 15.2 Å². The number of rotatable bonds is 3. The average Bonchev–Trinajstić information content (AvgIpc) is 2.66. The number of hydrazine groups is 1. The maximum absolute atomic E-state index is 12.8. The van der Waals surface area contributed by atoms with Gasteiger partial charge in [-0.2, -0.15) is 0 Å². The summed E-state index contributed by atoms with van der Waals surface area (Å²) in [5.74, 6) is 5.74. The fraction of sp³-hybridized carbons (Fsp3) is 0.571. The van der Waals surface area contributed by atoms with Gasteiger partial charge in [0.25, 0.3) is 5.91 Å². The van der Waals surface area contributed by atoms with E-state index < -0.39 is 0 Å². The molecule has 2 heterocycles. The molecule has 0 aliphatic carbocycles. The number of hydrogen-bond acceptors (Lipinski definition) is 5. The van der Waals surface area contributed by atoms with Crippen LogP contribution >= 0.6 is 11.6 Å². The summed E-state index contributed by atoms with van der Waals surface area (Å²) < 4.78 is 0. The normalized spacial score (nSPS) is 20.2. The first-order chi connectivity index (χ1) is 10.0. The fourth-order valence-electron chi connectivity index (χ4n) is 2.72. The Bertz CT molecular complexity index is 510. The summed E-state index contributed by atoms with van der Waals surface area (Å²) in [4.78, 5) is 21.0. The van der Waals surface area contributed by atoms with Crippen molar-refractivity contribution < 1.29 is 4.79 Å². The number of anilines is 1. The van der Waals surface area contributed by atoms with Crippen molar-refractivity contribution in [2.75, 3.05) is 32.1 Å². The summed E-state index contributed by atoms with van der Waals surface area (Å²) in [6.07, 6.45) is 1.90. The van der Waals surface area contributed by atoms with Crippen LogP contribution in [0.1, 0.15) is 30.1 Å². The van der Waals surface area contributed by atoms with Crippen LogP contribution in [0.25, 0.3) is 0 Å². The molecule has 1 unspecified atom stereocenters. The second-order valence-corrected chi connectivity index (χ2v) is 5.77. The number of carbonyl (C=O) groups excluding carboxylic acids is 1. The zero-order valence-corrected chi connectivity index (χ0v) is 13.2. The van der Waals surface area contributed by atoms with Crippen molar-refractivity contribution in [3.05, 3.63) is 22.8 Å². The van der Waals surface area contributed by atoms with Gasteiger partial charge in [-0.3, -0.25) is 4.79 Å². The number of pyridine rings is 1. The van der Waals surface area contributed by atoms with Crippen molar-refractivity contribution in [1.29, 1.82) is 0 Å². The number of likely N-dealkylation sites (N-methyl/N-ethyl adjacent to an activating group) is 1. The number of nitrogen functional groups attached to an aromatic ring is 1. The van der Waals surface area contributed by atoms with Crippen LogP contribution in [-0.4, -0.2) is 53.4 Å². The predicted molar refractivity (Wildman–Crippen MR) is 84.3 cm³/mol. The van der Waals surface area contributed by atoms with E-state index in [-0.39, 0.29) is 17.1 Å². The minimum atomic E-state index is -0.0158. The van der Waals surface area contributed by atoms with E-state index in [1.807, 2.05) is 4.90 Å². The quantitative estimate of drug-likeness (QED) is 0.503. The summed E-state index contributed by atoms with van der Waals surface area (Å²) in [5.41, 5.74) is 2.96. The third kappa shape index (κ3) is 3.84. The molecule has 0 radical (unpaired) electrons. The molecule has 0 saturated carbocycles. The van der Waals surface area contributed by atoms with Gasteiger partial charge in [0.15, 0.2) is 0 Å². The van der Waals surface area contributed by atoms with Gasteiger partial charge in [0.05, 0.1) is 0 Å². The minimum absolute atomic E-state index is 0.0158. The maximum Gasteiger partial charge on any atom is 0.254 e. The molecular formula is C14H22ClN5O. The van der Waals surface area contributed by atoms with E-state index in [4.69, 9.17) is 17.4 Å². The Hall–Kier alpha value is -1.37. The molecule has 0 spiro atoms. The van der Waals surface area contributed by atoms with E-state index in [0.29, 0.717) is 11.4 Å². The highest BCUT2D eigenvalue weighted by atomic mass is 35.5. The van der Waals surface area contributed by atoms with E-state index in [0.717, 1.165) is 32.5 Å². The average molecular weight is 312 g/mol. The number of carbonyl (C=O) groups is 1. The Balaban J connectivity index is 2.26. The van der Waals surface area contributed by atoms with Crippen LogP contribution in [0.15, 0.2) is 12.1 Å². The molecule has 1 amide bonds. The van der Waals surface area contributed by atoms with Gasteiger partial charge in [0.2, 0.25) is 0 Å². The van der Waals surface area contributed by atoms with Crippen LogP contribution in [0.4, 0.5) is 5.82 Å². The van der Waals surface area contributed by atoms with Crippen molar-refractivity contribution in [2.45, 2.75) is 25.8 Å². The van der Waals surface area contributed by atoms with Gasteiger partial charge in [-0.15, -0.1) is 0 Å². The van der Waals surface area contributed by atoms with Gasteiger partial charge in [-0.1, -0.05) is 18.5 Å². The van der Waals surface area contributed by atoms with E-state index in [1.54, 1.807) is 12.1 Å². The molecular weight excluding hydrogens is 290 g/mol. The molecule has 1 aliphatic rings. The van der Waals surface area contributed by atoms with Crippen molar-refractivity contribution in [3.63, 3.8) is 0 Å². The summed E-state index contributed by atoms with van der Waals surface area (Å²) in [5, 5.41) is 0.258. The number of hydrogen-bond donors (Lipinski definition) is 2. The minimum Gasteiger partial charge on any atom is -0.334 e. The van der Waals surface area contributed by atoms with Gasteiger partial charge in [0.1, 0.15) is 11.0 Å². The first-order valence-electron chi connectivity index (χ1n) is 7.19. The maximum atomic E-state index is 12.8. The van der Waals surface area contributed by atoms with Crippen molar-refractivity contribution in [2.24, 2.45) is 5.84 Å². The Kier molecular flexibility index (Phi) is 5.39. The van der Waals surface area contributed by atoms with Gasteiger partial charge in [-0.25, -0.2) is 10.8 Å². The van der Waals surface area contributed by atoms with Crippen LogP contribution in [0.3, 0.4) is 0 Å². The fourth-order valence-corrected chi connectivity index (χ4v) is 2.93. The smallest absolute Gasteiger partial charge is 0.254 e. The highest BCUT2D eigenvalue weighted by Crippen LogP contribution is 2.19. The zero-order valence-electron chi connectivity index (χ0n) is 12.5. The molecule has 3 N–H and O–H groups in total. The van der Waals surface area contributed by atoms with Crippen molar-refractivity contribution in [1.82, 2.24) is 14.8 Å². The number of nitrogens with zero attached hydrogens (tertiary/aromatic N) is 3. The SMILES string of the molecule is CCC1CN(C)CCCN1C(=O)c1cc(Cl)nc(NN)c1. The van der Waals surface area contributed by atoms with Crippen LogP contribution in [-0.2, 0) is 0 Å². The number of amides is 1. The molecule has 21 heavy (non-hydrogen) atoms. The highest BCUT2D eigenvalue weighted by Gasteiger charge is 2.27. The monoisotopic (exact) mass is 311 g/mol. The van der Waals surface area contributed by atoms with E-state index in [1.165, 1.54) is 0 Å². The second kappa shape index (κ2) is 7.06. The van der Waals surface area contributed by atoms with E-state index >= 15 is 0 Å². The van der Waals surface area contributed by atoms with Gasteiger partial charge in [-0.05, 0) is 38.6 Å². The molecule has 116 valence electrons. The second-order valence-electron chi connectivity index (χ2n) is 5.38. The molecule has 1 fully saturated rings. The number of nitrogens with one attached hydrogen (secondary N) is 1. The van der Waals surface area contributed by atoms with Crippen LogP contribution in [0, 0.1) is 0 Å². The Labute approximate surface area is 130 Å². The lowest BCUT2D eigenvalue weighted by Gasteiger charge is -2.30. The highest BCUT2D eigenvalue weighted by molar-refractivity contribution is 6.29. The summed E-state index contributed by atoms with van der Waals surface area (Å²) >= 11 is 5.95. The summed E-state index contributed by atoms with van der Waals surface area (Å²) in [7, 11) is 2.09. The molecule has 6 nitrogen and oxygen atoms in total. The third-order valence-electron chi connectivity index (χ3n) is 3.82. The summed E-state index contributed by atoms with van der Waals surface area (Å²) in [6.45, 7) is 4.76. The molecule has 1 aliphatic heterocycles. The lowest BCUT2D eigenvalue weighted by atomic mass is 10.1. The largest absolute Gasteiger partial charge is 0.334 e. The molecule has 1 saturated heterocycles. The van der Waals surface area contributed by atoms with E-state index in [9.17, 15) is 4.79 Å². The number of halogens is 1. The molecule has 1 atom stereocenters. The molecule has 0 bridgehead atoms. The first-order valence-corrected chi connectivity index (χ1v) is 7.56. The molecule has 1 aromatic rings. The lowest BCUT2D eigenvalue weighted by molar-refractivity contribution is 0.0675. The van der Waals surface area contributed by atoms with Crippen molar-refractivity contribution >= 4 is 23.3 Å². The number of nitrogens with two attached hydrogens (primary N) is 1. The lowest BCUT2D eigenvalue weighted by Crippen LogP contribution is -2.43. The van der Waals surface area contributed by atoms with Gasteiger partial charge in [0, 0.05) is 24.7 Å². The first kappa shape index (κ1) is 16.0. The molecule has 0 aromatic carbocycles. The predicted octanol–water partition coefficient (Wildman–Crippen LogP) is 1.58. The zero-order chi connectivity index (χ0) is 15.4. The molecule has 1 aromatic heterocycles. The van der Waals surface area contributed by atoms with Gasteiger partial charge >= 0.3 is 0 Å². The molecule has 2 rings (SSSR count). The van der Waals surface area contributed by atoms with Crippen LogP contribution in [0.5, 0.6) is 0 Å². The topological polar surface area (TPSA) is 74.5 Å². The summed E-state index contributed by atoms with van der Waals surface area (Å²) in [6, 6.07) is 3.44. The Morgan fingerprint density at radius 2 is 2.29 bits per heavy atom. The standard InChI is InChI=1S/C14H22ClN5O/c1-3-11-9-19(2)5-4-6-20(11)14(21)10-7-12(15)17-13(8-10)18-16/h7-8,11H,3-6,9,16H2,1-2H3,(H,17,18). The third-order valence-corrected chi connectivity index (χ3v) is 4.02. The Morgan fingerprint density at radius 3 is 2.95 bits per heavy atom. The van der Waals surface area contributed by atoms with Crippen LogP contribution < -0.4 is 11.3 Å². The Morgan fingerprint density at radius 1 is 1.52 bits per heavy atom. The van der Waals surface area contributed by atoms with Crippen LogP contribution in [0.2, 0.25) is 5.15 Å². The number of aromatic nitrogens is 1. The van der Waals surface area contributed by atoms with Crippen molar-refractivity contribution in [3.8, 4) is 0 Å².